The van der Waals surface area contributed by atoms with Crippen molar-refractivity contribution in [3.63, 3.8) is 0 Å². The largest absolute Gasteiger partial charge is 0.534 e. The quantitative estimate of drug-likeness (QED) is 0.429. The molecular formula is C17H14F5NO3S. The van der Waals surface area contributed by atoms with Crippen LogP contribution in [0, 0.1) is 11.6 Å². The molecule has 3 rings (SSSR count). The van der Waals surface area contributed by atoms with Crippen LogP contribution in [0.5, 0.6) is 5.75 Å². The first-order chi connectivity index (χ1) is 12.6. The van der Waals surface area contributed by atoms with Gasteiger partial charge in [0.1, 0.15) is 17.4 Å². The summed E-state index contributed by atoms with van der Waals surface area (Å²) in [5.74, 6) is -1.40. The summed E-state index contributed by atoms with van der Waals surface area (Å²) in [7, 11) is -5.55. The maximum Gasteiger partial charge on any atom is 0.534 e. The first kappa shape index (κ1) is 20.8. The summed E-state index contributed by atoms with van der Waals surface area (Å²) >= 11 is 0. The van der Waals surface area contributed by atoms with E-state index in [9.17, 15) is 30.4 Å². The van der Waals surface area contributed by atoms with Crippen molar-refractivity contribution in [1.29, 1.82) is 0 Å². The van der Waals surface area contributed by atoms with Gasteiger partial charge < -0.3 is 4.18 Å². The molecule has 0 spiro atoms. The molecule has 1 aliphatic heterocycles. The summed E-state index contributed by atoms with van der Waals surface area (Å²) in [4.78, 5) is 4.06. The molecule has 0 saturated heterocycles. The number of aliphatic imine (C=N–C) groups is 1. The van der Waals surface area contributed by atoms with E-state index in [1.165, 1.54) is 36.4 Å². The topological polar surface area (TPSA) is 55.7 Å². The van der Waals surface area contributed by atoms with Crippen LogP contribution in [0.2, 0.25) is 0 Å². The molecule has 0 unspecified atom stereocenters. The van der Waals surface area contributed by atoms with Crippen molar-refractivity contribution < 1.29 is 34.6 Å². The van der Waals surface area contributed by atoms with Crippen molar-refractivity contribution in [1.82, 2.24) is 0 Å². The highest BCUT2D eigenvalue weighted by Gasteiger charge is 2.48. The molecule has 27 heavy (non-hydrogen) atoms. The predicted octanol–water partition coefficient (Wildman–Crippen LogP) is 4.46. The third kappa shape index (κ3) is 5.49. The Labute approximate surface area is 152 Å². The summed E-state index contributed by atoms with van der Waals surface area (Å²) < 4.78 is 86.5. The van der Waals surface area contributed by atoms with Crippen LogP contribution in [0.25, 0.3) is 0 Å². The Morgan fingerprint density at radius 1 is 0.926 bits per heavy atom. The van der Waals surface area contributed by atoms with Gasteiger partial charge in [0, 0.05) is 12.3 Å². The molecule has 0 fully saturated rings. The predicted molar refractivity (Wildman–Crippen MR) is 89.0 cm³/mol. The monoisotopic (exact) mass is 407 g/mol. The first-order valence-electron chi connectivity index (χ1n) is 7.65. The van der Waals surface area contributed by atoms with E-state index in [1.807, 2.05) is 0 Å². The minimum absolute atomic E-state index is 0.0556. The van der Waals surface area contributed by atoms with E-state index >= 15 is 0 Å². The van der Waals surface area contributed by atoms with Crippen LogP contribution < -0.4 is 4.18 Å². The van der Waals surface area contributed by atoms with E-state index < -0.39 is 27.3 Å². The van der Waals surface area contributed by atoms with E-state index in [0.29, 0.717) is 18.7 Å². The van der Waals surface area contributed by atoms with Crippen LogP contribution >= 0.6 is 0 Å². The number of nitrogens with zero attached hydrogens (tertiary/aromatic N) is 1. The highest BCUT2D eigenvalue weighted by molar-refractivity contribution is 7.88. The molecule has 0 bridgehead atoms. The second-order valence-corrected chi connectivity index (χ2v) is 6.86. The zero-order chi connectivity index (χ0) is 20.1. The van der Waals surface area contributed by atoms with E-state index in [1.54, 1.807) is 0 Å². The van der Waals surface area contributed by atoms with Crippen molar-refractivity contribution in [3.8, 4) is 5.75 Å². The lowest BCUT2D eigenvalue weighted by atomic mass is 10.1. The van der Waals surface area contributed by atoms with Crippen molar-refractivity contribution in [2.24, 2.45) is 4.99 Å². The summed E-state index contributed by atoms with van der Waals surface area (Å²) in [5, 5.41) is 0. The summed E-state index contributed by atoms with van der Waals surface area (Å²) in [5.41, 5.74) is -4.78. The van der Waals surface area contributed by atoms with Gasteiger partial charge in [-0.05, 0) is 37.1 Å². The molecule has 0 atom stereocenters. The normalized spacial score (nSPS) is 14.2. The van der Waals surface area contributed by atoms with Crippen LogP contribution in [-0.2, 0) is 10.1 Å². The Hall–Kier alpha value is -2.49. The summed E-state index contributed by atoms with van der Waals surface area (Å²) in [6.07, 6.45) is 1.57. The fourth-order valence-corrected chi connectivity index (χ4v) is 2.63. The van der Waals surface area contributed by atoms with E-state index in [2.05, 4.69) is 9.18 Å². The molecule has 2 aromatic carbocycles. The number of hydrogen-bond acceptors (Lipinski definition) is 4. The van der Waals surface area contributed by atoms with Crippen molar-refractivity contribution in [2.75, 3.05) is 6.54 Å². The van der Waals surface area contributed by atoms with Gasteiger partial charge in [0.2, 0.25) is 0 Å². The molecule has 0 amide bonds. The smallest absolute Gasteiger partial charge is 0.376 e. The Morgan fingerprint density at radius 3 is 2.00 bits per heavy atom. The second kappa shape index (κ2) is 8.47. The fourth-order valence-electron chi connectivity index (χ4n) is 2.17. The van der Waals surface area contributed by atoms with Crippen LogP contribution in [-0.4, -0.2) is 26.2 Å². The van der Waals surface area contributed by atoms with Gasteiger partial charge >= 0.3 is 15.6 Å². The summed E-state index contributed by atoms with van der Waals surface area (Å²) in [6, 6.07) is 10.4. The lowest BCUT2D eigenvalue weighted by molar-refractivity contribution is -0.0500. The molecule has 0 saturated carbocycles. The number of alkyl halides is 3. The lowest BCUT2D eigenvalue weighted by Gasteiger charge is -2.08. The van der Waals surface area contributed by atoms with Gasteiger partial charge in [-0.3, -0.25) is 4.99 Å². The van der Waals surface area contributed by atoms with Crippen LogP contribution in [0.15, 0.2) is 53.5 Å². The van der Waals surface area contributed by atoms with E-state index in [4.69, 9.17) is 0 Å². The molecule has 146 valence electrons. The Balaban J connectivity index is 0.000000194. The third-order valence-electron chi connectivity index (χ3n) is 3.36. The standard InChI is InChI=1S/C10H9F2N.C7H5F3O3S/c11-7-3-1-4-8(12)10(7)9-5-2-6-13-9;8-7(9,10)14(11,12)13-6-4-2-1-3-5-6/h1,3-4H,2,5-6H2;1-5H. The average molecular weight is 407 g/mol. The zero-order valence-corrected chi connectivity index (χ0v) is 14.5. The highest BCUT2D eigenvalue weighted by atomic mass is 32.2. The molecular weight excluding hydrogens is 393 g/mol. The summed E-state index contributed by atoms with van der Waals surface area (Å²) in [6.45, 7) is 0.684. The molecule has 0 N–H and O–H groups in total. The minimum Gasteiger partial charge on any atom is -0.376 e. The van der Waals surface area contributed by atoms with Crippen molar-refractivity contribution >= 4 is 15.8 Å². The SMILES string of the molecule is Fc1cccc(F)c1C1=NCCC1.O=S(=O)(Oc1ccccc1)C(F)(F)F. The fraction of sp³-hybridized carbons (Fsp3) is 0.235. The Bertz CT molecular complexity index is 892. The number of rotatable bonds is 3. The van der Waals surface area contributed by atoms with E-state index in [-0.39, 0.29) is 11.3 Å². The minimum atomic E-state index is -5.55. The number of hydrogen-bond donors (Lipinski definition) is 0. The van der Waals surface area contributed by atoms with Crippen LogP contribution in [0.4, 0.5) is 22.0 Å². The maximum atomic E-state index is 13.2. The third-order valence-corrected chi connectivity index (χ3v) is 4.34. The van der Waals surface area contributed by atoms with Gasteiger partial charge in [0.15, 0.2) is 0 Å². The Morgan fingerprint density at radius 2 is 1.52 bits per heavy atom. The average Bonchev–Trinajstić information content (AvgIpc) is 3.09. The number of halogens is 5. The molecule has 0 aromatic heterocycles. The number of benzene rings is 2. The molecule has 4 nitrogen and oxygen atoms in total. The first-order valence-corrected chi connectivity index (χ1v) is 9.06. The molecule has 0 radical (unpaired) electrons. The molecule has 0 aliphatic carbocycles. The van der Waals surface area contributed by atoms with Crippen LogP contribution in [0.3, 0.4) is 0 Å². The van der Waals surface area contributed by atoms with Crippen molar-refractivity contribution in [2.45, 2.75) is 18.3 Å². The van der Waals surface area contributed by atoms with E-state index in [0.717, 1.165) is 18.6 Å². The molecule has 2 aromatic rings. The van der Waals surface area contributed by atoms with Gasteiger partial charge in [-0.2, -0.15) is 21.6 Å². The number of para-hydroxylation sites is 1. The molecule has 1 aliphatic rings. The van der Waals surface area contributed by atoms with Gasteiger partial charge in [-0.25, -0.2) is 8.78 Å². The van der Waals surface area contributed by atoms with Gasteiger partial charge in [0.25, 0.3) is 0 Å². The second-order valence-electron chi connectivity index (χ2n) is 5.32. The van der Waals surface area contributed by atoms with Gasteiger partial charge in [-0.15, -0.1) is 0 Å². The highest BCUT2D eigenvalue weighted by Crippen LogP contribution is 2.26. The maximum absolute atomic E-state index is 13.2. The lowest BCUT2D eigenvalue weighted by Crippen LogP contribution is -2.27. The van der Waals surface area contributed by atoms with Crippen LogP contribution in [0.1, 0.15) is 18.4 Å². The van der Waals surface area contributed by atoms with Gasteiger partial charge in [0.05, 0.1) is 5.56 Å². The van der Waals surface area contributed by atoms with Gasteiger partial charge in [-0.1, -0.05) is 24.3 Å². The Kier molecular flexibility index (Phi) is 6.53. The zero-order valence-electron chi connectivity index (χ0n) is 13.7. The molecule has 1 heterocycles. The molecule has 10 heteroatoms. The van der Waals surface area contributed by atoms with Crippen molar-refractivity contribution in [3.05, 3.63) is 65.7 Å².